The topological polar surface area (TPSA) is 91.8 Å². The lowest BCUT2D eigenvalue weighted by Gasteiger charge is -2.23. The lowest BCUT2D eigenvalue weighted by Crippen LogP contribution is -2.26. The molecule has 0 spiro atoms. The molecule has 42 heavy (non-hydrogen) atoms. The first kappa shape index (κ1) is 28.6. The van der Waals surface area contributed by atoms with Crippen LogP contribution in [-0.4, -0.2) is 54.2 Å². The van der Waals surface area contributed by atoms with Gasteiger partial charge in [-0.25, -0.2) is 4.98 Å². The summed E-state index contributed by atoms with van der Waals surface area (Å²) in [5.41, 5.74) is 2.72. The van der Waals surface area contributed by atoms with Crippen LogP contribution in [0.4, 0.5) is 18.9 Å². The summed E-state index contributed by atoms with van der Waals surface area (Å²) >= 11 is 0. The SMILES string of the molecule is Cc1ccc(NC(=O)c2ccnc(C(F)(F)F)c2)cc1-c1cc(OC[C@H]2COC(C)(C)O2)nc(C23CCOCC2C3)c1. The zero-order valence-corrected chi connectivity index (χ0v) is 23.6. The van der Waals surface area contributed by atoms with E-state index in [0.717, 1.165) is 47.5 Å². The molecule has 0 bridgehead atoms. The first-order valence-corrected chi connectivity index (χ1v) is 13.9. The molecule has 2 unspecified atom stereocenters. The summed E-state index contributed by atoms with van der Waals surface area (Å²) in [5.74, 6) is -0.458. The Labute approximate surface area is 241 Å². The van der Waals surface area contributed by atoms with Crippen molar-refractivity contribution in [3.8, 4) is 17.0 Å². The van der Waals surface area contributed by atoms with Gasteiger partial charge in [-0.1, -0.05) is 6.07 Å². The van der Waals surface area contributed by atoms with Crippen LogP contribution in [0.25, 0.3) is 11.1 Å². The summed E-state index contributed by atoms with van der Waals surface area (Å²) in [6.45, 7) is 7.76. The van der Waals surface area contributed by atoms with E-state index in [-0.39, 0.29) is 23.7 Å². The Balaban J connectivity index is 1.29. The van der Waals surface area contributed by atoms with Crippen LogP contribution < -0.4 is 10.1 Å². The van der Waals surface area contributed by atoms with Gasteiger partial charge in [-0.3, -0.25) is 9.78 Å². The highest BCUT2D eigenvalue weighted by molar-refractivity contribution is 6.04. The van der Waals surface area contributed by atoms with Gasteiger partial charge in [-0.05, 0) is 86.6 Å². The Morgan fingerprint density at radius 3 is 2.71 bits per heavy atom. The Bertz CT molecular complexity index is 1510. The molecule has 3 aliphatic rings. The summed E-state index contributed by atoms with van der Waals surface area (Å²) in [7, 11) is 0. The number of fused-ring (bicyclic) bond motifs is 1. The maximum Gasteiger partial charge on any atom is 0.433 e. The molecule has 8 nitrogen and oxygen atoms in total. The molecular weight excluding hydrogens is 551 g/mol. The first-order valence-electron chi connectivity index (χ1n) is 13.9. The van der Waals surface area contributed by atoms with E-state index in [1.165, 1.54) is 6.07 Å². The van der Waals surface area contributed by atoms with Crippen molar-refractivity contribution >= 4 is 11.6 Å². The maximum atomic E-state index is 13.1. The Hall–Kier alpha value is -3.54. The lowest BCUT2D eigenvalue weighted by atomic mass is 9.90. The number of benzene rings is 1. The second kappa shape index (κ2) is 10.6. The number of rotatable bonds is 7. The second-order valence-electron chi connectivity index (χ2n) is 11.6. The molecule has 1 aromatic carbocycles. The van der Waals surface area contributed by atoms with Crippen LogP contribution in [0.5, 0.6) is 5.88 Å². The van der Waals surface area contributed by atoms with Crippen LogP contribution in [0.15, 0.2) is 48.7 Å². The molecule has 1 amide bonds. The lowest BCUT2D eigenvalue weighted by molar-refractivity contribution is -0.142. The number of nitrogens with one attached hydrogen (secondary N) is 1. The van der Waals surface area contributed by atoms with Crippen molar-refractivity contribution in [3.05, 3.63) is 71.2 Å². The minimum atomic E-state index is -4.65. The maximum absolute atomic E-state index is 13.1. The predicted octanol–water partition coefficient (Wildman–Crippen LogP) is 5.93. The summed E-state index contributed by atoms with van der Waals surface area (Å²) in [5, 5.41) is 2.72. The van der Waals surface area contributed by atoms with Crippen LogP contribution in [0.1, 0.15) is 54.0 Å². The number of ether oxygens (including phenoxy) is 4. The van der Waals surface area contributed by atoms with Crippen molar-refractivity contribution in [3.63, 3.8) is 0 Å². The fourth-order valence-electron chi connectivity index (χ4n) is 5.78. The van der Waals surface area contributed by atoms with E-state index in [1.807, 2.05) is 39.0 Å². The molecule has 1 aliphatic carbocycles. The van der Waals surface area contributed by atoms with Gasteiger partial charge in [0.15, 0.2) is 5.79 Å². The summed E-state index contributed by atoms with van der Waals surface area (Å²) in [6.07, 6.45) is -2.03. The van der Waals surface area contributed by atoms with E-state index in [4.69, 9.17) is 23.9 Å². The number of carbonyl (C=O) groups is 1. The fraction of sp³-hybridized carbons (Fsp3) is 0.452. The second-order valence-corrected chi connectivity index (χ2v) is 11.6. The third kappa shape index (κ3) is 5.86. The molecule has 2 aliphatic heterocycles. The van der Waals surface area contributed by atoms with Gasteiger partial charge < -0.3 is 24.3 Å². The number of aryl methyl sites for hydroxylation is 1. The van der Waals surface area contributed by atoms with Gasteiger partial charge in [0.1, 0.15) is 18.4 Å². The van der Waals surface area contributed by atoms with Gasteiger partial charge in [0.2, 0.25) is 5.88 Å². The highest BCUT2D eigenvalue weighted by Gasteiger charge is 2.58. The molecule has 4 heterocycles. The third-order valence-electron chi connectivity index (χ3n) is 8.16. The van der Waals surface area contributed by atoms with Gasteiger partial charge in [-0.15, -0.1) is 0 Å². The molecule has 2 saturated heterocycles. The largest absolute Gasteiger partial charge is 0.475 e. The zero-order chi connectivity index (χ0) is 29.7. The van der Waals surface area contributed by atoms with Gasteiger partial charge in [-0.2, -0.15) is 13.2 Å². The number of hydrogen-bond donors (Lipinski definition) is 1. The molecular formula is C31H32F3N3O5. The number of aromatic nitrogens is 2. The zero-order valence-electron chi connectivity index (χ0n) is 23.6. The number of alkyl halides is 3. The quantitative estimate of drug-likeness (QED) is 0.369. The monoisotopic (exact) mass is 583 g/mol. The van der Waals surface area contributed by atoms with E-state index < -0.39 is 23.6 Å². The van der Waals surface area contributed by atoms with Crippen LogP contribution in [0.3, 0.4) is 0 Å². The summed E-state index contributed by atoms with van der Waals surface area (Å²) < 4.78 is 62.8. The number of pyridine rings is 2. The van der Waals surface area contributed by atoms with Crippen molar-refractivity contribution in [2.45, 2.75) is 57.1 Å². The van der Waals surface area contributed by atoms with Gasteiger partial charge in [0.05, 0.1) is 18.9 Å². The van der Waals surface area contributed by atoms with E-state index in [1.54, 1.807) is 6.07 Å². The molecule has 3 atom stereocenters. The number of halogens is 3. The van der Waals surface area contributed by atoms with Gasteiger partial charge in [0.25, 0.3) is 5.91 Å². The van der Waals surface area contributed by atoms with Gasteiger partial charge in [0, 0.05) is 35.5 Å². The minimum absolute atomic E-state index is 0.0569. The molecule has 6 rings (SSSR count). The van der Waals surface area contributed by atoms with Gasteiger partial charge >= 0.3 is 6.18 Å². The molecule has 3 aromatic rings. The highest BCUT2D eigenvalue weighted by atomic mass is 19.4. The predicted molar refractivity (Wildman–Crippen MR) is 147 cm³/mol. The van der Waals surface area contributed by atoms with Crippen LogP contribution in [0.2, 0.25) is 0 Å². The van der Waals surface area contributed by atoms with E-state index in [2.05, 4.69) is 16.4 Å². The fourth-order valence-corrected chi connectivity index (χ4v) is 5.78. The number of anilines is 1. The Morgan fingerprint density at radius 2 is 1.98 bits per heavy atom. The average molecular weight is 584 g/mol. The standard InChI is InChI=1S/C31H32F3N3O5/c1-18-4-5-22(36-28(38)19-6-8-35-26(10-19)31(32,33)34)13-24(18)20-11-25(30-7-9-39-15-21(30)14-30)37-27(12-20)40-16-23-17-41-29(2,3)42-23/h4-6,8,10-13,21,23H,7,9,14-17H2,1-3H3,(H,36,38)/t21?,23-,30?/m0/s1. The van der Waals surface area contributed by atoms with Crippen LogP contribution >= 0.6 is 0 Å². The molecule has 2 aromatic heterocycles. The third-order valence-corrected chi connectivity index (χ3v) is 8.16. The smallest absolute Gasteiger partial charge is 0.433 e. The number of nitrogens with zero attached hydrogens (tertiary/aromatic N) is 2. The van der Waals surface area contributed by atoms with Crippen LogP contribution in [0, 0.1) is 12.8 Å². The Kier molecular flexibility index (Phi) is 7.23. The molecule has 0 radical (unpaired) electrons. The summed E-state index contributed by atoms with van der Waals surface area (Å²) in [4.78, 5) is 21.1. The first-order chi connectivity index (χ1) is 19.9. The minimum Gasteiger partial charge on any atom is -0.475 e. The number of hydrogen-bond acceptors (Lipinski definition) is 7. The molecule has 3 fully saturated rings. The van der Waals surface area contributed by atoms with E-state index in [9.17, 15) is 18.0 Å². The van der Waals surface area contributed by atoms with Crippen molar-refractivity contribution in [2.24, 2.45) is 5.92 Å². The van der Waals surface area contributed by atoms with E-state index >= 15 is 0 Å². The molecule has 11 heteroatoms. The van der Waals surface area contributed by atoms with Crippen molar-refractivity contribution < 1.29 is 36.9 Å². The Morgan fingerprint density at radius 1 is 1.14 bits per heavy atom. The van der Waals surface area contributed by atoms with Crippen LogP contribution in [-0.2, 0) is 25.8 Å². The normalized spacial score (nSPS) is 24.6. The number of amides is 1. The highest BCUT2D eigenvalue weighted by Crippen LogP contribution is 2.58. The molecule has 222 valence electrons. The van der Waals surface area contributed by atoms with Crippen molar-refractivity contribution in [1.82, 2.24) is 9.97 Å². The van der Waals surface area contributed by atoms with E-state index in [0.29, 0.717) is 37.3 Å². The molecule has 1 saturated carbocycles. The average Bonchev–Trinajstić information content (AvgIpc) is 3.61. The molecule has 1 N–H and O–H groups in total. The van der Waals surface area contributed by atoms with Crippen molar-refractivity contribution in [1.29, 1.82) is 0 Å². The summed E-state index contributed by atoms with van der Waals surface area (Å²) in [6, 6.07) is 11.3. The number of carbonyl (C=O) groups excluding carboxylic acids is 1. The van der Waals surface area contributed by atoms with Crippen molar-refractivity contribution in [2.75, 3.05) is 31.7 Å².